The molecule has 2 aromatic carbocycles. The van der Waals surface area contributed by atoms with E-state index in [2.05, 4.69) is 5.32 Å². The highest BCUT2D eigenvalue weighted by atomic mass is 35.5. The summed E-state index contributed by atoms with van der Waals surface area (Å²) in [6, 6.07) is 16.8. The van der Waals surface area contributed by atoms with Crippen molar-refractivity contribution in [1.29, 1.82) is 0 Å². The topological polar surface area (TPSA) is 49.4 Å². The quantitative estimate of drug-likeness (QED) is 0.597. The van der Waals surface area contributed by atoms with Gasteiger partial charge in [-0.15, -0.1) is 11.8 Å². The fourth-order valence-electron chi connectivity index (χ4n) is 2.74. The van der Waals surface area contributed by atoms with Crippen molar-refractivity contribution in [3.8, 4) is 0 Å². The van der Waals surface area contributed by atoms with Crippen LogP contribution in [0.1, 0.15) is 32.8 Å². The molecule has 1 atom stereocenters. The predicted molar refractivity (Wildman–Crippen MR) is 117 cm³/mol. The predicted octanol–water partition coefficient (Wildman–Crippen LogP) is 4.76. The van der Waals surface area contributed by atoms with E-state index in [1.165, 1.54) is 0 Å². The third kappa shape index (κ3) is 7.21. The molecule has 0 unspecified atom stereocenters. The summed E-state index contributed by atoms with van der Waals surface area (Å²) < 4.78 is 0. The van der Waals surface area contributed by atoms with Crippen LogP contribution in [0.4, 0.5) is 0 Å². The van der Waals surface area contributed by atoms with Gasteiger partial charge in [0.1, 0.15) is 6.04 Å². The van der Waals surface area contributed by atoms with Crippen LogP contribution in [-0.4, -0.2) is 34.6 Å². The molecule has 4 nitrogen and oxygen atoms in total. The number of benzene rings is 2. The molecule has 2 aromatic rings. The number of halogens is 1. The van der Waals surface area contributed by atoms with Gasteiger partial charge in [-0.25, -0.2) is 0 Å². The number of nitrogens with one attached hydrogen (secondary N) is 1. The number of amides is 2. The Morgan fingerprint density at radius 2 is 1.79 bits per heavy atom. The van der Waals surface area contributed by atoms with Crippen molar-refractivity contribution < 1.29 is 9.59 Å². The zero-order chi connectivity index (χ0) is 20.5. The minimum Gasteiger partial charge on any atom is -0.352 e. The molecule has 0 aliphatic heterocycles. The molecular formula is C22H27ClN2O2S. The van der Waals surface area contributed by atoms with Crippen molar-refractivity contribution in [2.75, 3.05) is 5.75 Å². The maximum Gasteiger partial charge on any atom is 0.242 e. The van der Waals surface area contributed by atoms with Gasteiger partial charge in [0.05, 0.1) is 0 Å². The van der Waals surface area contributed by atoms with Gasteiger partial charge in [-0.2, -0.15) is 0 Å². The van der Waals surface area contributed by atoms with Crippen LogP contribution in [0.5, 0.6) is 0 Å². The molecule has 0 spiro atoms. The molecular weight excluding hydrogens is 392 g/mol. The first-order valence-electron chi connectivity index (χ1n) is 9.39. The number of hydrogen-bond acceptors (Lipinski definition) is 3. The fourth-order valence-corrected chi connectivity index (χ4v) is 3.81. The van der Waals surface area contributed by atoms with Gasteiger partial charge >= 0.3 is 0 Å². The average molecular weight is 419 g/mol. The molecule has 1 N–H and O–H groups in total. The van der Waals surface area contributed by atoms with Crippen LogP contribution in [0.15, 0.2) is 59.5 Å². The molecule has 28 heavy (non-hydrogen) atoms. The monoisotopic (exact) mass is 418 g/mol. The Hall–Kier alpha value is -1.98. The van der Waals surface area contributed by atoms with E-state index < -0.39 is 6.04 Å². The summed E-state index contributed by atoms with van der Waals surface area (Å²) in [7, 11) is 0. The maximum absolute atomic E-state index is 13.0. The van der Waals surface area contributed by atoms with Crippen molar-refractivity contribution in [3.05, 3.63) is 65.2 Å². The normalized spacial score (nSPS) is 11.9. The average Bonchev–Trinajstić information content (AvgIpc) is 2.66. The van der Waals surface area contributed by atoms with Crippen molar-refractivity contribution in [2.45, 2.75) is 50.7 Å². The zero-order valence-electron chi connectivity index (χ0n) is 16.5. The van der Waals surface area contributed by atoms with Gasteiger partial charge in [-0.1, -0.05) is 41.9 Å². The zero-order valence-corrected chi connectivity index (χ0v) is 18.1. The summed E-state index contributed by atoms with van der Waals surface area (Å²) in [4.78, 5) is 28.2. The molecule has 0 aromatic heterocycles. The minimum atomic E-state index is -0.560. The van der Waals surface area contributed by atoms with Crippen LogP contribution in [-0.2, 0) is 16.1 Å². The Kier molecular flexibility index (Phi) is 8.87. The van der Waals surface area contributed by atoms with E-state index in [0.717, 1.165) is 10.5 Å². The Labute approximate surface area is 176 Å². The van der Waals surface area contributed by atoms with Crippen LogP contribution in [0.25, 0.3) is 0 Å². The van der Waals surface area contributed by atoms with Crippen LogP contribution < -0.4 is 5.32 Å². The third-order valence-corrected chi connectivity index (χ3v) is 5.42. The Morgan fingerprint density at radius 3 is 2.43 bits per heavy atom. The molecule has 0 saturated carbocycles. The lowest BCUT2D eigenvalue weighted by Gasteiger charge is -2.29. The highest BCUT2D eigenvalue weighted by Crippen LogP contribution is 2.20. The number of carbonyl (C=O) groups is 2. The van der Waals surface area contributed by atoms with E-state index in [1.807, 2.05) is 62.4 Å². The van der Waals surface area contributed by atoms with E-state index in [0.29, 0.717) is 23.7 Å². The van der Waals surface area contributed by atoms with Gasteiger partial charge < -0.3 is 10.2 Å². The number of nitrogens with zero attached hydrogens (tertiary/aromatic N) is 1. The second kappa shape index (κ2) is 11.1. The highest BCUT2D eigenvalue weighted by molar-refractivity contribution is 7.99. The van der Waals surface area contributed by atoms with Gasteiger partial charge in [-0.05, 0) is 50.6 Å². The van der Waals surface area contributed by atoms with Crippen LogP contribution in [0, 0.1) is 0 Å². The number of carbonyl (C=O) groups excluding carboxylic acids is 2. The molecule has 2 rings (SSSR count). The molecule has 0 fully saturated rings. The van der Waals surface area contributed by atoms with Crippen molar-refractivity contribution in [1.82, 2.24) is 10.2 Å². The number of thioether (sulfide) groups is 1. The third-order valence-electron chi connectivity index (χ3n) is 4.17. The molecule has 2 amide bonds. The molecule has 150 valence electrons. The SMILES string of the molecule is CC(C)NC(=O)[C@H](C)N(Cc1cccc(Cl)c1)C(=O)CCSc1ccccc1. The van der Waals surface area contributed by atoms with Gasteiger partial charge in [0, 0.05) is 34.7 Å². The smallest absolute Gasteiger partial charge is 0.242 e. The first kappa shape index (κ1) is 22.3. The molecule has 0 heterocycles. The lowest BCUT2D eigenvalue weighted by Crippen LogP contribution is -2.49. The number of hydrogen-bond donors (Lipinski definition) is 1. The Balaban J connectivity index is 2.07. The molecule has 6 heteroatoms. The molecule has 0 radical (unpaired) electrons. The van der Waals surface area contributed by atoms with Gasteiger partial charge in [0.25, 0.3) is 0 Å². The maximum atomic E-state index is 13.0. The summed E-state index contributed by atoms with van der Waals surface area (Å²) in [6.07, 6.45) is 0.361. The molecule has 0 saturated heterocycles. The van der Waals surface area contributed by atoms with E-state index >= 15 is 0 Å². The standard InChI is InChI=1S/C22H27ClN2O2S/c1-16(2)24-22(27)17(3)25(15-18-8-7-9-19(23)14-18)21(26)12-13-28-20-10-5-4-6-11-20/h4-11,14,16-17H,12-13,15H2,1-3H3,(H,24,27)/t17-/m0/s1. The summed E-state index contributed by atoms with van der Waals surface area (Å²) in [5.74, 6) is 0.462. The van der Waals surface area contributed by atoms with Crippen LogP contribution in [0.3, 0.4) is 0 Å². The first-order valence-corrected chi connectivity index (χ1v) is 10.8. The number of rotatable bonds is 9. The van der Waals surface area contributed by atoms with Crippen molar-refractivity contribution in [2.24, 2.45) is 0 Å². The van der Waals surface area contributed by atoms with Gasteiger partial charge in [0.15, 0.2) is 0 Å². The van der Waals surface area contributed by atoms with Crippen molar-refractivity contribution >= 4 is 35.2 Å². The van der Waals surface area contributed by atoms with Crippen LogP contribution >= 0.6 is 23.4 Å². The second-order valence-corrected chi connectivity index (χ2v) is 8.51. The molecule has 0 aliphatic rings. The fraction of sp³-hybridized carbons (Fsp3) is 0.364. The van der Waals surface area contributed by atoms with Gasteiger partial charge in [0.2, 0.25) is 11.8 Å². The Bertz CT molecular complexity index is 783. The molecule has 0 aliphatic carbocycles. The molecule has 0 bridgehead atoms. The highest BCUT2D eigenvalue weighted by Gasteiger charge is 2.26. The van der Waals surface area contributed by atoms with Crippen LogP contribution in [0.2, 0.25) is 5.02 Å². The lowest BCUT2D eigenvalue weighted by molar-refractivity contribution is -0.140. The minimum absolute atomic E-state index is 0.0201. The van der Waals surface area contributed by atoms with E-state index in [-0.39, 0.29) is 17.9 Å². The summed E-state index contributed by atoms with van der Waals surface area (Å²) in [6.45, 7) is 5.93. The van der Waals surface area contributed by atoms with Crippen molar-refractivity contribution in [3.63, 3.8) is 0 Å². The largest absolute Gasteiger partial charge is 0.352 e. The first-order chi connectivity index (χ1) is 13.4. The lowest BCUT2D eigenvalue weighted by atomic mass is 10.1. The summed E-state index contributed by atoms with van der Waals surface area (Å²) in [5.41, 5.74) is 0.903. The van der Waals surface area contributed by atoms with Gasteiger partial charge in [-0.3, -0.25) is 9.59 Å². The van der Waals surface area contributed by atoms with E-state index in [1.54, 1.807) is 29.7 Å². The second-order valence-electron chi connectivity index (χ2n) is 6.90. The summed E-state index contributed by atoms with van der Waals surface area (Å²) in [5, 5.41) is 3.51. The van der Waals surface area contributed by atoms with E-state index in [4.69, 9.17) is 11.6 Å². The summed E-state index contributed by atoms with van der Waals surface area (Å²) >= 11 is 7.72. The Morgan fingerprint density at radius 1 is 1.07 bits per heavy atom. The van der Waals surface area contributed by atoms with E-state index in [9.17, 15) is 9.59 Å².